The molecule has 0 aliphatic heterocycles. The molecule has 0 nitrogen and oxygen atoms in total. The van der Waals surface area contributed by atoms with Crippen molar-refractivity contribution < 1.29 is 0 Å². The third-order valence-electron chi connectivity index (χ3n) is 2.82. The second-order valence-corrected chi connectivity index (χ2v) is 4.28. The van der Waals surface area contributed by atoms with E-state index in [0.29, 0.717) is 5.92 Å². The van der Waals surface area contributed by atoms with E-state index in [1.807, 2.05) is 0 Å². The molecule has 0 aromatic rings. The molecule has 78 valence electrons. The van der Waals surface area contributed by atoms with Gasteiger partial charge in [0.2, 0.25) is 0 Å². The van der Waals surface area contributed by atoms with Crippen LogP contribution in [0.3, 0.4) is 0 Å². The number of rotatable bonds is 2. The smallest absolute Gasteiger partial charge is 0.00292 e. The van der Waals surface area contributed by atoms with Gasteiger partial charge in [0.15, 0.2) is 0 Å². The molecular formula is C15H18. The van der Waals surface area contributed by atoms with Crippen LogP contribution in [0.1, 0.15) is 26.2 Å². The highest BCUT2D eigenvalue weighted by atomic mass is 14.1. The van der Waals surface area contributed by atoms with E-state index >= 15 is 0 Å². The minimum absolute atomic E-state index is 0.564. The van der Waals surface area contributed by atoms with Gasteiger partial charge in [-0.1, -0.05) is 55.5 Å². The highest BCUT2D eigenvalue weighted by Crippen LogP contribution is 2.20. The average molecular weight is 198 g/mol. The zero-order valence-corrected chi connectivity index (χ0v) is 9.32. The number of allylic oxidation sites excluding steroid dienone is 10. The molecule has 1 atom stereocenters. The molecule has 2 aliphatic carbocycles. The van der Waals surface area contributed by atoms with Gasteiger partial charge >= 0.3 is 0 Å². The summed E-state index contributed by atoms with van der Waals surface area (Å²) >= 11 is 0. The van der Waals surface area contributed by atoms with E-state index in [-0.39, 0.29) is 0 Å². The molecule has 0 radical (unpaired) electrons. The molecule has 0 aromatic heterocycles. The fourth-order valence-electron chi connectivity index (χ4n) is 1.90. The van der Waals surface area contributed by atoms with Crippen LogP contribution in [0, 0.1) is 5.92 Å². The first-order valence-electron chi connectivity index (χ1n) is 5.76. The van der Waals surface area contributed by atoms with Gasteiger partial charge in [0.25, 0.3) is 0 Å². The van der Waals surface area contributed by atoms with E-state index in [1.54, 1.807) is 0 Å². The van der Waals surface area contributed by atoms with Crippen molar-refractivity contribution in [1.82, 2.24) is 0 Å². The topological polar surface area (TPSA) is 0 Å². The molecule has 0 heterocycles. The summed E-state index contributed by atoms with van der Waals surface area (Å²) in [6, 6.07) is 0. The molecule has 0 amide bonds. The predicted molar refractivity (Wildman–Crippen MR) is 66.6 cm³/mol. The van der Waals surface area contributed by atoms with Crippen LogP contribution in [-0.2, 0) is 0 Å². The van der Waals surface area contributed by atoms with Gasteiger partial charge in [-0.25, -0.2) is 0 Å². The SMILES string of the molecule is CC1C=CC=C(CC2=CCCC=C2)C=C1. The highest BCUT2D eigenvalue weighted by Gasteiger charge is 2.01. The summed E-state index contributed by atoms with van der Waals surface area (Å²) in [7, 11) is 0. The first-order chi connectivity index (χ1) is 7.34. The highest BCUT2D eigenvalue weighted by molar-refractivity contribution is 5.36. The van der Waals surface area contributed by atoms with Gasteiger partial charge in [-0.2, -0.15) is 0 Å². The van der Waals surface area contributed by atoms with E-state index in [1.165, 1.54) is 24.0 Å². The molecule has 15 heavy (non-hydrogen) atoms. The van der Waals surface area contributed by atoms with Crippen molar-refractivity contribution in [2.75, 3.05) is 0 Å². The Balaban J connectivity index is 2.03. The van der Waals surface area contributed by atoms with Crippen molar-refractivity contribution in [1.29, 1.82) is 0 Å². The van der Waals surface area contributed by atoms with Crippen molar-refractivity contribution in [2.45, 2.75) is 26.2 Å². The lowest BCUT2D eigenvalue weighted by Gasteiger charge is -2.07. The van der Waals surface area contributed by atoms with Gasteiger partial charge < -0.3 is 0 Å². The molecule has 0 heteroatoms. The van der Waals surface area contributed by atoms with E-state index in [4.69, 9.17) is 0 Å². The van der Waals surface area contributed by atoms with Crippen molar-refractivity contribution >= 4 is 0 Å². The van der Waals surface area contributed by atoms with Gasteiger partial charge in [-0.05, 0) is 36.3 Å². The van der Waals surface area contributed by atoms with Crippen LogP contribution >= 0.6 is 0 Å². The van der Waals surface area contributed by atoms with Crippen molar-refractivity contribution in [3.8, 4) is 0 Å². The lowest BCUT2D eigenvalue weighted by atomic mass is 9.99. The van der Waals surface area contributed by atoms with Crippen LogP contribution in [0.15, 0.2) is 59.8 Å². The summed E-state index contributed by atoms with van der Waals surface area (Å²) in [6.07, 6.45) is 21.5. The van der Waals surface area contributed by atoms with Crippen LogP contribution < -0.4 is 0 Å². The minimum atomic E-state index is 0.564. The quantitative estimate of drug-likeness (QED) is 0.619. The van der Waals surface area contributed by atoms with Gasteiger partial charge in [-0.3, -0.25) is 0 Å². The molecule has 0 saturated heterocycles. The molecule has 2 aliphatic rings. The molecule has 2 rings (SSSR count). The summed E-state index contributed by atoms with van der Waals surface area (Å²) in [6.45, 7) is 2.21. The predicted octanol–water partition coefficient (Wildman–Crippen LogP) is 4.34. The van der Waals surface area contributed by atoms with Crippen LogP contribution in [0.2, 0.25) is 0 Å². The molecule has 0 aromatic carbocycles. The fraction of sp³-hybridized carbons (Fsp3) is 0.333. The fourth-order valence-corrected chi connectivity index (χ4v) is 1.90. The summed E-state index contributed by atoms with van der Waals surface area (Å²) < 4.78 is 0. The van der Waals surface area contributed by atoms with Gasteiger partial charge in [0, 0.05) is 0 Å². The normalized spacial score (nSPS) is 24.7. The van der Waals surface area contributed by atoms with Gasteiger partial charge in [0.1, 0.15) is 0 Å². The number of hydrogen-bond acceptors (Lipinski definition) is 0. The minimum Gasteiger partial charge on any atom is -0.0840 e. The first kappa shape index (κ1) is 10.2. The Morgan fingerprint density at radius 1 is 1.13 bits per heavy atom. The average Bonchev–Trinajstić information content (AvgIpc) is 2.46. The lowest BCUT2D eigenvalue weighted by Crippen LogP contribution is -1.87. The van der Waals surface area contributed by atoms with Crippen LogP contribution in [-0.4, -0.2) is 0 Å². The third kappa shape index (κ3) is 3.09. The van der Waals surface area contributed by atoms with Crippen molar-refractivity contribution in [3.05, 3.63) is 59.8 Å². The molecule has 0 spiro atoms. The summed E-state index contributed by atoms with van der Waals surface area (Å²) in [4.78, 5) is 0. The zero-order chi connectivity index (χ0) is 10.5. The molecular weight excluding hydrogens is 180 g/mol. The maximum Gasteiger partial charge on any atom is -0.00292 e. The number of hydrogen-bond donors (Lipinski definition) is 0. The Bertz CT molecular complexity index is 361. The molecule has 1 unspecified atom stereocenters. The van der Waals surface area contributed by atoms with E-state index < -0.39 is 0 Å². The maximum absolute atomic E-state index is 2.35. The van der Waals surface area contributed by atoms with Gasteiger partial charge in [0.05, 0.1) is 0 Å². The van der Waals surface area contributed by atoms with E-state index in [0.717, 1.165) is 6.42 Å². The summed E-state index contributed by atoms with van der Waals surface area (Å²) in [5.74, 6) is 0.564. The molecule has 0 bridgehead atoms. The Morgan fingerprint density at radius 2 is 2.07 bits per heavy atom. The van der Waals surface area contributed by atoms with Crippen LogP contribution in [0.5, 0.6) is 0 Å². The molecule has 0 saturated carbocycles. The van der Waals surface area contributed by atoms with Crippen LogP contribution in [0.4, 0.5) is 0 Å². The Morgan fingerprint density at radius 3 is 2.87 bits per heavy atom. The molecule has 0 fully saturated rings. The van der Waals surface area contributed by atoms with Crippen molar-refractivity contribution in [2.24, 2.45) is 5.92 Å². The zero-order valence-electron chi connectivity index (χ0n) is 9.32. The summed E-state index contributed by atoms with van der Waals surface area (Å²) in [5, 5.41) is 0. The second-order valence-electron chi connectivity index (χ2n) is 4.28. The van der Waals surface area contributed by atoms with E-state index in [9.17, 15) is 0 Å². The van der Waals surface area contributed by atoms with Crippen molar-refractivity contribution in [3.63, 3.8) is 0 Å². The van der Waals surface area contributed by atoms with Gasteiger partial charge in [-0.15, -0.1) is 0 Å². The molecule has 0 N–H and O–H groups in total. The third-order valence-corrected chi connectivity index (χ3v) is 2.82. The Kier molecular flexibility index (Phi) is 3.39. The first-order valence-corrected chi connectivity index (χ1v) is 5.76. The second kappa shape index (κ2) is 4.97. The Hall–Kier alpha value is -1.30. The largest absolute Gasteiger partial charge is 0.0840 e. The standard InChI is InChI=1S/C15H18/c1-13-6-5-9-15(11-10-13)12-14-7-3-2-4-8-14/h3,5-11,13H,2,4,12H2,1H3. The summed E-state index contributed by atoms with van der Waals surface area (Å²) in [5.41, 5.74) is 2.87. The monoisotopic (exact) mass is 198 g/mol. The maximum atomic E-state index is 2.35. The van der Waals surface area contributed by atoms with Crippen LogP contribution in [0.25, 0.3) is 0 Å². The van der Waals surface area contributed by atoms with E-state index in [2.05, 4.69) is 55.5 Å². The lowest BCUT2D eigenvalue weighted by molar-refractivity contribution is 0.940. The Labute approximate surface area is 92.4 Å².